The summed E-state index contributed by atoms with van der Waals surface area (Å²) in [6, 6.07) is 6.43. The predicted molar refractivity (Wildman–Crippen MR) is 92.5 cm³/mol. The van der Waals surface area contributed by atoms with E-state index >= 15 is 0 Å². The average molecular weight is 391 g/mol. The van der Waals surface area contributed by atoms with Gasteiger partial charge in [-0.25, -0.2) is 25.3 Å². The highest BCUT2D eigenvalue weighted by molar-refractivity contribution is 7.92. The van der Waals surface area contributed by atoms with Crippen molar-refractivity contribution in [2.45, 2.75) is 33.8 Å². The SMILES string of the molecule is CC(C)S(=O)(=O)c1cc(S(C)(=O)=O)cc2cc(S(C)(=O)=O)ccc12. The Hall–Kier alpha value is -1.45. The molecular formula is C15H18O6S3. The maximum Gasteiger partial charge on any atom is 0.181 e. The van der Waals surface area contributed by atoms with Crippen molar-refractivity contribution < 1.29 is 25.3 Å². The molecule has 0 atom stereocenters. The maximum absolute atomic E-state index is 12.6. The topological polar surface area (TPSA) is 102 Å². The first-order chi connectivity index (χ1) is 10.7. The Kier molecular flexibility index (Phi) is 4.58. The van der Waals surface area contributed by atoms with E-state index in [4.69, 9.17) is 0 Å². The lowest BCUT2D eigenvalue weighted by molar-refractivity contribution is 0.588. The molecule has 0 aliphatic heterocycles. The van der Waals surface area contributed by atoms with Crippen LogP contribution < -0.4 is 0 Å². The highest BCUT2D eigenvalue weighted by Gasteiger charge is 2.25. The van der Waals surface area contributed by atoms with Crippen molar-refractivity contribution in [2.24, 2.45) is 0 Å². The molecule has 6 nitrogen and oxygen atoms in total. The van der Waals surface area contributed by atoms with Crippen molar-refractivity contribution in [2.75, 3.05) is 12.5 Å². The Bertz CT molecular complexity index is 1120. The predicted octanol–water partition coefficient (Wildman–Crippen LogP) is 1.83. The van der Waals surface area contributed by atoms with Crippen LogP contribution in [0.2, 0.25) is 0 Å². The summed E-state index contributed by atoms with van der Waals surface area (Å²) >= 11 is 0. The van der Waals surface area contributed by atoms with Crippen LogP contribution in [0.25, 0.3) is 10.8 Å². The van der Waals surface area contributed by atoms with Crippen LogP contribution in [0.15, 0.2) is 45.0 Å². The van der Waals surface area contributed by atoms with Gasteiger partial charge in [-0.15, -0.1) is 0 Å². The highest BCUT2D eigenvalue weighted by atomic mass is 32.2. The van der Waals surface area contributed by atoms with E-state index in [-0.39, 0.29) is 20.1 Å². The fraction of sp³-hybridized carbons (Fsp3) is 0.333. The van der Waals surface area contributed by atoms with Gasteiger partial charge in [0.1, 0.15) is 0 Å². The molecule has 0 unspecified atom stereocenters. The molecule has 24 heavy (non-hydrogen) atoms. The largest absolute Gasteiger partial charge is 0.224 e. The van der Waals surface area contributed by atoms with Crippen LogP contribution in [0.4, 0.5) is 0 Å². The minimum absolute atomic E-state index is 0.00598. The van der Waals surface area contributed by atoms with E-state index in [1.54, 1.807) is 0 Å². The second kappa shape index (κ2) is 5.82. The molecule has 132 valence electrons. The summed E-state index contributed by atoms with van der Waals surface area (Å²) in [6.07, 6.45) is 2.00. The zero-order valence-electron chi connectivity index (χ0n) is 13.6. The molecule has 2 aromatic carbocycles. The van der Waals surface area contributed by atoms with Crippen molar-refractivity contribution >= 4 is 40.3 Å². The van der Waals surface area contributed by atoms with Crippen LogP contribution >= 0.6 is 0 Å². The quantitative estimate of drug-likeness (QED) is 0.789. The Morgan fingerprint density at radius 3 is 1.71 bits per heavy atom. The summed E-state index contributed by atoms with van der Waals surface area (Å²) in [4.78, 5) is -0.288. The van der Waals surface area contributed by atoms with Crippen LogP contribution in [-0.2, 0) is 29.5 Å². The molecule has 0 spiro atoms. The van der Waals surface area contributed by atoms with E-state index in [2.05, 4.69) is 0 Å². The molecule has 9 heteroatoms. The van der Waals surface area contributed by atoms with Crippen molar-refractivity contribution in [1.82, 2.24) is 0 Å². The van der Waals surface area contributed by atoms with E-state index in [0.717, 1.165) is 18.6 Å². The number of hydrogen-bond donors (Lipinski definition) is 0. The molecule has 0 radical (unpaired) electrons. The normalized spacial score (nSPS) is 13.5. The molecule has 2 aromatic rings. The van der Waals surface area contributed by atoms with Crippen molar-refractivity contribution in [1.29, 1.82) is 0 Å². The molecule has 0 saturated carbocycles. The third kappa shape index (κ3) is 3.47. The standard InChI is InChI=1S/C15H18O6S3/c1-10(2)24(20,21)15-9-13(23(4,18)19)8-11-7-12(22(3,16)17)5-6-14(11)15/h5-10H,1-4H3. The smallest absolute Gasteiger partial charge is 0.181 e. The first-order valence-corrected chi connectivity index (χ1v) is 12.3. The number of hydrogen-bond acceptors (Lipinski definition) is 6. The van der Waals surface area contributed by atoms with E-state index in [9.17, 15) is 25.3 Å². The number of benzene rings is 2. The number of sulfone groups is 3. The Balaban J connectivity index is 3.02. The van der Waals surface area contributed by atoms with Gasteiger partial charge in [-0.3, -0.25) is 0 Å². The van der Waals surface area contributed by atoms with Crippen LogP contribution in [0.3, 0.4) is 0 Å². The van der Waals surface area contributed by atoms with E-state index in [0.29, 0.717) is 5.39 Å². The van der Waals surface area contributed by atoms with Crippen molar-refractivity contribution in [3.8, 4) is 0 Å². The molecule has 0 aliphatic rings. The van der Waals surface area contributed by atoms with E-state index < -0.39 is 34.8 Å². The van der Waals surface area contributed by atoms with Crippen LogP contribution in [0.1, 0.15) is 13.8 Å². The van der Waals surface area contributed by atoms with Gasteiger partial charge in [0, 0.05) is 17.9 Å². The highest BCUT2D eigenvalue weighted by Crippen LogP contribution is 2.31. The molecule has 0 N–H and O–H groups in total. The molecule has 0 aliphatic carbocycles. The van der Waals surface area contributed by atoms with Gasteiger partial charge in [0.05, 0.1) is 19.9 Å². The lowest BCUT2D eigenvalue weighted by atomic mass is 10.1. The minimum Gasteiger partial charge on any atom is -0.224 e. The summed E-state index contributed by atoms with van der Waals surface area (Å²) in [5, 5.41) is -0.200. The van der Waals surface area contributed by atoms with Crippen molar-refractivity contribution in [3.05, 3.63) is 30.3 Å². The third-order valence-corrected chi connectivity index (χ3v) is 8.04. The van der Waals surface area contributed by atoms with Gasteiger partial charge in [0.25, 0.3) is 0 Å². The van der Waals surface area contributed by atoms with Crippen LogP contribution in [-0.4, -0.2) is 43.0 Å². The monoisotopic (exact) mass is 390 g/mol. The first-order valence-electron chi connectivity index (χ1n) is 6.96. The van der Waals surface area contributed by atoms with Gasteiger partial charge < -0.3 is 0 Å². The summed E-state index contributed by atoms with van der Waals surface area (Å²) < 4.78 is 72.4. The van der Waals surface area contributed by atoms with Gasteiger partial charge in [-0.2, -0.15) is 0 Å². The van der Waals surface area contributed by atoms with E-state index in [1.807, 2.05) is 0 Å². The number of fused-ring (bicyclic) bond motifs is 1. The average Bonchev–Trinajstić information content (AvgIpc) is 2.43. The Labute approximate surface area is 142 Å². The van der Waals surface area contributed by atoms with Gasteiger partial charge in [-0.1, -0.05) is 6.07 Å². The fourth-order valence-corrected chi connectivity index (χ4v) is 4.92. The van der Waals surface area contributed by atoms with Crippen LogP contribution in [0.5, 0.6) is 0 Å². The van der Waals surface area contributed by atoms with E-state index in [1.165, 1.54) is 38.1 Å². The Morgan fingerprint density at radius 2 is 1.25 bits per heavy atom. The van der Waals surface area contributed by atoms with Gasteiger partial charge in [0.2, 0.25) is 0 Å². The first kappa shape index (κ1) is 18.9. The summed E-state index contributed by atoms with van der Waals surface area (Å²) in [7, 11) is -10.9. The van der Waals surface area contributed by atoms with Gasteiger partial charge >= 0.3 is 0 Å². The number of rotatable bonds is 4. The lowest BCUT2D eigenvalue weighted by Gasteiger charge is -2.13. The summed E-state index contributed by atoms with van der Waals surface area (Å²) in [6.45, 7) is 3.00. The Morgan fingerprint density at radius 1 is 0.750 bits per heavy atom. The maximum atomic E-state index is 12.6. The van der Waals surface area contributed by atoms with Gasteiger partial charge in [0.15, 0.2) is 29.5 Å². The molecule has 0 bridgehead atoms. The second-order valence-electron chi connectivity index (χ2n) is 5.94. The molecule has 0 heterocycles. The minimum atomic E-state index is -3.75. The molecule has 0 aromatic heterocycles. The molecule has 0 saturated heterocycles. The third-order valence-electron chi connectivity index (χ3n) is 3.64. The summed E-state index contributed by atoms with van der Waals surface area (Å²) in [5.74, 6) is 0. The van der Waals surface area contributed by atoms with Crippen molar-refractivity contribution in [3.63, 3.8) is 0 Å². The molecule has 0 amide bonds. The lowest BCUT2D eigenvalue weighted by Crippen LogP contribution is -2.15. The second-order valence-corrected chi connectivity index (χ2v) is 12.4. The zero-order valence-corrected chi connectivity index (χ0v) is 16.1. The molecule has 2 rings (SSSR count). The zero-order chi connectivity index (χ0) is 18.5. The van der Waals surface area contributed by atoms with Gasteiger partial charge in [-0.05, 0) is 43.5 Å². The molecule has 0 fully saturated rings. The van der Waals surface area contributed by atoms with Crippen LogP contribution in [0, 0.1) is 0 Å². The fourth-order valence-electron chi connectivity index (χ4n) is 2.22. The summed E-state index contributed by atoms with van der Waals surface area (Å²) in [5.41, 5.74) is 0. The molecular weight excluding hydrogens is 372 g/mol.